The number of carbonyl (C=O) groups excluding carboxylic acids is 3. The lowest BCUT2D eigenvalue weighted by Gasteiger charge is -2.36. The molecule has 1 aromatic carbocycles. The molecule has 260 valence electrons. The first kappa shape index (κ1) is 37.6. The van der Waals surface area contributed by atoms with Gasteiger partial charge >= 0.3 is 6.03 Å². The Morgan fingerprint density at radius 3 is 2.48 bits per heavy atom. The number of hydrogen-bond acceptors (Lipinski definition) is 7. The number of anilines is 1. The van der Waals surface area contributed by atoms with E-state index in [0.717, 1.165) is 57.9 Å². The zero-order valence-electron chi connectivity index (χ0n) is 29.1. The van der Waals surface area contributed by atoms with E-state index in [1.54, 1.807) is 35.0 Å². The molecule has 4 atom stereocenters. The van der Waals surface area contributed by atoms with Crippen LogP contribution in [0.5, 0.6) is 5.75 Å². The lowest BCUT2D eigenvalue weighted by Crippen LogP contribution is -2.50. The van der Waals surface area contributed by atoms with E-state index in [-0.39, 0.29) is 48.6 Å². The van der Waals surface area contributed by atoms with E-state index in [4.69, 9.17) is 9.47 Å². The summed E-state index contributed by atoms with van der Waals surface area (Å²) in [6, 6.07) is 4.83. The maximum absolute atomic E-state index is 14.3. The maximum Gasteiger partial charge on any atom is 0.317 e. The fraction of sp³-hybridized carbons (Fsp3) is 0.743. The van der Waals surface area contributed by atoms with Crippen molar-refractivity contribution in [1.82, 2.24) is 20.0 Å². The number of hydrogen-bond donors (Lipinski definition) is 3. The number of nitrogens with zero attached hydrogens (tertiary/aromatic N) is 3. The number of ether oxygens (including phenoxy) is 2. The number of aliphatic hydroxyl groups is 1. The molecule has 1 aliphatic heterocycles. The predicted molar refractivity (Wildman–Crippen MR) is 181 cm³/mol. The minimum absolute atomic E-state index is 0.102. The van der Waals surface area contributed by atoms with Crippen LogP contribution >= 0.6 is 0 Å². The monoisotopic (exact) mass is 645 g/mol. The second-order valence-corrected chi connectivity index (χ2v) is 13.6. The van der Waals surface area contributed by atoms with Gasteiger partial charge in [0.05, 0.1) is 30.4 Å². The fourth-order valence-corrected chi connectivity index (χ4v) is 6.13. The maximum atomic E-state index is 14.3. The molecule has 1 heterocycles. The highest BCUT2D eigenvalue weighted by Gasteiger charge is 2.31. The van der Waals surface area contributed by atoms with Crippen LogP contribution in [0, 0.1) is 5.92 Å². The van der Waals surface area contributed by atoms with E-state index in [1.807, 2.05) is 39.8 Å². The van der Waals surface area contributed by atoms with Crippen LogP contribution in [0.2, 0.25) is 0 Å². The largest absolute Gasteiger partial charge is 0.490 e. The quantitative estimate of drug-likeness (QED) is 0.336. The summed E-state index contributed by atoms with van der Waals surface area (Å²) in [6.07, 6.45) is 8.68. The van der Waals surface area contributed by atoms with Crippen molar-refractivity contribution in [2.75, 3.05) is 59.3 Å². The first-order valence-corrected chi connectivity index (χ1v) is 17.3. The lowest BCUT2D eigenvalue weighted by molar-refractivity contribution is -0.116. The van der Waals surface area contributed by atoms with Crippen LogP contribution < -0.4 is 15.4 Å². The third kappa shape index (κ3) is 12.0. The number of nitrogens with one attached hydrogen (secondary N) is 2. The van der Waals surface area contributed by atoms with Crippen molar-refractivity contribution in [1.29, 1.82) is 0 Å². The standard InChI is InChI=1S/C35H59N5O6/c1-25-22-40(26(2)24-41)34(43)30-21-29(36-33(42)16-12-19-38(4)5)17-18-31(30)46-27(3)13-10-11-20-45-32(25)23-39(6)35(44)37-28-14-8-7-9-15-28/h17-18,21,25-28,32,41H,7-16,19-20,22-24H2,1-6H3,(H,36,42)(H,37,44)/t25-,26-,27+,32-/m0/s1. The highest BCUT2D eigenvalue weighted by molar-refractivity contribution is 5.99. The first-order valence-electron chi connectivity index (χ1n) is 17.3. The molecule has 0 spiro atoms. The van der Waals surface area contributed by atoms with Crippen molar-refractivity contribution in [3.63, 3.8) is 0 Å². The number of rotatable bonds is 10. The molecule has 46 heavy (non-hydrogen) atoms. The van der Waals surface area contributed by atoms with Gasteiger partial charge in [-0.15, -0.1) is 0 Å². The summed E-state index contributed by atoms with van der Waals surface area (Å²) < 4.78 is 12.7. The summed E-state index contributed by atoms with van der Waals surface area (Å²) in [5, 5.41) is 16.3. The third-order valence-corrected chi connectivity index (χ3v) is 9.08. The van der Waals surface area contributed by atoms with Crippen LogP contribution in [0.3, 0.4) is 0 Å². The summed E-state index contributed by atoms with van der Waals surface area (Å²) in [4.78, 5) is 45.5. The second-order valence-electron chi connectivity index (χ2n) is 13.6. The molecule has 1 fully saturated rings. The molecule has 4 amide bonds. The molecule has 1 aromatic rings. The summed E-state index contributed by atoms with van der Waals surface area (Å²) in [5.74, 6) is -0.0997. The SMILES string of the molecule is C[C@@H]1CCCCO[C@@H](CN(C)C(=O)NC2CCCCC2)[C@@H](C)CN([C@@H](C)CO)C(=O)c2cc(NC(=O)CCCN(C)C)ccc2O1. The second kappa shape index (κ2) is 19.1. The van der Waals surface area contributed by atoms with Crippen LogP contribution in [0.4, 0.5) is 10.5 Å². The van der Waals surface area contributed by atoms with E-state index in [1.165, 1.54) is 6.42 Å². The Labute approximate surface area is 276 Å². The number of likely N-dealkylation sites (N-methyl/N-ethyl adjacent to an activating group) is 1. The molecule has 0 saturated heterocycles. The zero-order chi connectivity index (χ0) is 33.6. The van der Waals surface area contributed by atoms with Gasteiger partial charge in [-0.3, -0.25) is 9.59 Å². The molecule has 11 nitrogen and oxygen atoms in total. The van der Waals surface area contributed by atoms with Crippen molar-refractivity contribution in [3.05, 3.63) is 23.8 Å². The van der Waals surface area contributed by atoms with E-state index >= 15 is 0 Å². The Morgan fingerprint density at radius 1 is 1.07 bits per heavy atom. The van der Waals surface area contributed by atoms with Crippen LogP contribution in [-0.2, 0) is 9.53 Å². The van der Waals surface area contributed by atoms with Crippen molar-refractivity contribution in [2.24, 2.45) is 5.92 Å². The minimum atomic E-state index is -0.481. The molecule has 1 saturated carbocycles. The fourth-order valence-electron chi connectivity index (χ4n) is 6.13. The topological polar surface area (TPSA) is 124 Å². The van der Waals surface area contributed by atoms with Crippen LogP contribution in [-0.4, -0.2) is 116 Å². The molecule has 3 N–H and O–H groups in total. The number of amides is 4. The molecule has 0 bridgehead atoms. The zero-order valence-corrected chi connectivity index (χ0v) is 29.1. The van der Waals surface area contributed by atoms with Gasteiger partial charge < -0.3 is 39.9 Å². The highest BCUT2D eigenvalue weighted by Crippen LogP contribution is 2.29. The van der Waals surface area contributed by atoms with Gasteiger partial charge in [-0.2, -0.15) is 0 Å². The molecule has 0 aromatic heterocycles. The normalized spacial score (nSPS) is 22.7. The number of fused-ring (bicyclic) bond motifs is 1. The van der Waals surface area contributed by atoms with Gasteiger partial charge in [0.1, 0.15) is 5.75 Å². The van der Waals surface area contributed by atoms with Crippen molar-refractivity contribution in [2.45, 2.75) is 109 Å². The summed E-state index contributed by atoms with van der Waals surface area (Å²) in [6.45, 7) is 7.64. The van der Waals surface area contributed by atoms with Crippen LogP contribution in [0.15, 0.2) is 18.2 Å². The molecule has 1 aliphatic carbocycles. The van der Waals surface area contributed by atoms with Gasteiger partial charge in [-0.1, -0.05) is 26.2 Å². The average molecular weight is 646 g/mol. The Kier molecular flexibility index (Phi) is 15.6. The summed E-state index contributed by atoms with van der Waals surface area (Å²) >= 11 is 0. The first-order chi connectivity index (χ1) is 22.0. The summed E-state index contributed by atoms with van der Waals surface area (Å²) in [5.41, 5.74) is 0.861. The van der Waals surface area contributed by atoms with Crippen molar-refractivity contribution < 1.29 is 29.0 Å². The molecule has 3 rings (SSSR count). The lowest BCUT2D eigenvalue weighted by atomic mass is 9.96. The van der Waals surface area contributed by atoms with E-state index in [9.17, 15) is 19.5 Å². The molecule has 0 radical (unpaired) electrons. The predicted octanol–water partition coefficient (Wildman–Crippen LogP) is 4.74. The van der Waals surface area contributed by atoms with Crippen LogP contribution in [0.25, 0.3) is 0 Å². The van der Waals surface area contributed by atoms with Gasteiger partial charge in [-0.05, 0) is 91.2 Å². The smallest absolute Gasteiger partial charge is 0.317 e. The van der Waals surface area contributed by atoms with Gasteiger partial charge in [0.2, 0.25) is 5.91 Å². The highest BCUT2D eigenvalue weighted by atomic mass is 16.5. The van der Waals surface area contributed by atoms with Crippen molar-refractivity contribution >= 4 is 23.5 Å². The van der Waals surface area contributed by atoms with Gasteiger partial charge in [0.25, 0.3) is 5.91 Å². The van der Waals surface area contributed by atoms with E-state index in [0.29, 0.717) is 43.1 Å². The number of aliphatic hydroxyl groups excluding tert-OH is 1. The summed E-state index contributed by atoms with van der Waals surface area (Å²) in [7, 11) is 5.74. The molecule has 0 unspecified atom stereocenters. The third-order valence-electron chi connectivity index (χ3n) is 9.08. The average Bonchev–Trinajstić information content (AvgIpc) is 3.02. The Bertz CT molecular complexity index is 1110. The van der Waals surface area contributed by atoms with Gasteiger partial charge in [0, 0.05) is 50.8 Å². The van der Waals surface area contributed by atoms with Gasteiger partial charge in [0.15, 0.2) is 0 Å². The number of urea groups is 1. The van der Waals surface area contributed by atoms with E-state index < -0.39 is 6.04 Å². The molecule has 2 aliphatic rings. The Hall–Kier alpha value is -2.89. The number of carbonyl (C=O) groups is 3. The molecular weight excluding hydrogens is 586 g/mol. The van der Waals surface area contributed by atoms with Gasteiger partial charge in [-0.25, -0.2) is 4.79 Å². The Balaban J connectivity index is 1.84. The molecular formula is C35H59N5O6. The Morgan fingerprint density at radius 2 is 1.78 bits per heavy atom. The van der Waals surface area contributed by atoms with E-state index in [2.05, 4.69) is 10.6 Å². The van der Waals surface area contributed by atoms with Crippen molar-refractivity contribution in [3.8, 4) is 5.75 Å². The number of benzene rings is 1. The minimum Gasteiger partial charge on any atom is -0.490 e. The van der Waals surface area contributed by atoms with Crippen LogP contribution in [0.1, 0.15) is 95.3 Å². The molecule has 11 heteroatoms.